The summed E-state index contributed by atoms with van der Waals surface area (Å²) in [4.78, 5) is 18.0. The Labute approximate surface area is 184 Å². The molecule has 0 saturated heterocycles. The predicted molar refractivity (Wildman–Crippen MR) is 122 cm³/mol. The number of thioether (sulfide) groups is 1. The number of thiazole rings is 1. The summed E-state index contributed by atoms with van der Waals surface area (Å²) >= 11 is 3.40. The van der Waals surface area contributed by atoms with E-state index in [2.05, 4.69) is 32.9 Å². The van der Waals surface area contributed by atoms with Crippen molar-refractivity contribution in [2.45, 2.75) is 24.0 Å². The summed E-state index contributed by atoms with van der Waals surface area (Å²) in [5.41, 5.74) is 3.98. The minimum atomic E-state index is -0.0464. The van der Waals surface area contributed by atoms with Crippen LogP contribution >= 0.6 is 23.1 Å². The molecule has 0 saturated carbocycles. The van der Waals surface area contributed by atoms with Gasteiger partial charge in [-0.05, 0) is 61.4 Å². The van der Waals surface area contributed by atoms with Crippen LogP contribution in [-0.4, -0.2) is 27.2 Å². The summed E-state index contributed by atoms with van der Waals surface area (Å²) in [6, 6.07) is 17.8. The molecule has 2 aromatic heterocycles. The van der Waals surface area contributed by atoms with Gasteiger partial charge in [-0.15, -0.1) is 23.1 Å². The molecule has 1 N–H and O–H groups in total. The molecule has 0 aliphatic rings. The molecule has 5 nitrogen and oxygen atoms in total. The molecule has 0 aliphatic carbocycles. The highest BCUT2D eigenvalue weighted by Gasteiger charge is 2.06. The maximum absolute atomic E-state index is 12.4. The van der Waals surface area contributed by atoms with E-state index < -0.39 is 0 Å². The monoisotopic (exact) mass is 434 g/mol. The van der Waals surface area contributed by atoms with Crippen LogP contribution in [0.2, 0.25) is 0 Å². The molecule has 4 rings (SSSR count). The normalized spacial score (nSPS) is 10.8. The first-order chi connectivity index (χ1) is 14.7. The van der Waals surface area contributed by atoms with Crippen molar-refractivity contribution in [3.63, 3.8) is 0 Å². The van der Waals surface area contributed by atoms with E-state index in [1.807, 2.05) is 60.3 Å². The number of aromatic nitrogens is 3. The molecule has 1 amide bonds. The highest BCUT2D eigenvalue weighted by atomic mass is 32.2. The minimum absolute atomic E-state index is 0.0464. The molecule has 0 bridgehead atoms. The van der Waals surface area contributed by atoms with Crippen LogP contribution in [-0.2, 0) is 12.2 Å². The molecule has 0 radical (unpaired) electrons. The molecule has 2 heterocycles. The Morgan fingerprint density at radius 2 is 1.93 bits per heavy atom. The van der Waals surface area contributed by atoms with Crippen molar-refractivity contribution in [2.75, 3.05) is 6.54 Å². The number of carbonyl (C=O) groups excluding carboxylic acids is 1. The Morgan fingerprint density at radius 3 is 2.60 bits per heavy atom. The number of benzene rings is 2. The second-order valence-electron chi connectivity index (χ2n) is 6.79. The lowest BCUT2D eigenvalue weighted by Gasteiger charge is -2.07. The summed E-state index contributed by atoms with van der Waals surface area (Å²) in [7, 11) is 0. The van der Waals surface area contributed by atoms with Gasteiger partial charge in [-0.25, -0.2) is 9.67 Å². The van der Waals surface area contributed by atoms with Gasteiger partial charge < -0.3 is 5.32 Å². The van der Waals surface area contributed by atoms with Crippen molar-refractivity contribution < 1.29 is 4.79 Å². The van der Waals surface area contributed by atoms with E-state index in [0.717, 1.165) is 33.5 Å². The number of aryl methyl sites for hydroxylation is 1. The molecular formula is C23H22N4OS2. The molecule has 152 valence electrons. The first-order valence-corrected chi connectivity index (χ1v) is 11.5. The number of nitrogens with one attached hydrogen (secondary N) is 1. The van der Waals surface area contributed by atoms with Crippen LogP contribution in [0.25, 0.3) is 5.69 Å². The highest BCUT2D eigenvalue weighted by Crippen LogP contribution is 2.23. The Kier molecular flexibility index (Phi) is 6.61. The molecule has 7 heteroatoms. The highest BCUT2D eigenvalue weighted by molar-refractivity contribution is 7.98. The second-order valence-corrected chi connectivity index (χ2v) is 8.90. The number of hydrogen-bond donors (Lipinski definition) is 1. The first kappa shape index (κ1) is 20.4. The van der Waals surface area contributed by atoms with Crippen LogP contribution < -0.4 is 5.32 Å². The fourth-order valence-electron chi connectivity index (χ4n) is 2.99. The number of carbonyl (C=O) groups is 1. The van der Waals surface area contributed by atoms with E-state index in [1.165, 1.54) is 5.56 Å². The van der Waals surface area contributed by atoms with Gasteiger partial charge >= 0.3 is 0 Å². The average Bonchev–Trinajstić information content (AvgIpc) is 3.45. The van der Waals surface area contributed by atoms with Gasteiger partial charge in [0.2, 0.25) is 0 Å². The van der Waals surface area contributed by atoms with Gasteiger partial charge in [-0.2, -0.15) is 5.10 Å². The summed E-state index contributed by atoms with van der Waals surface area (Å²) in [6.45, 7) is 2.61. The molecule has 2 aromatic carbocycles. The van der Waals surface area contributed by atoms with Crippen molar-refractivity contribution in [1.82, 2.24) is 20.1 Å². The van der Waals surface area contributed by atoms with E-state index in [9.17, 15) is 4.79 Å². The third-order valence-electron chi connectivity index (χ3n) is 4.57. The van der Waals surface area contributed by atoms with Gasteiger partial charge in [0, 0.05) is 40.5 Å². The molecule has 4 aromatic rings. The van der Waals surface area contributed by atoms with E-state index >= 15 is 0 Å². The van der Waals surface area contributed by atoms with Crippen LogP contribution in [0.3, 0.4) is 0 Å². The largest absolute Gasteiger partial charge is 0.352 e. The maximum atomic E-state index is 12.4. The quantitative estimate of drug-likeness (QED) is 0.401. The van der Waals surface area contributed by atoms with Crippen LogP contribution in [0.4, 0.5) is 0 Å². The van der Waals surface area contributed by atoms with E-state index in [-0.39, 0.29) is 5.91 Å². The smallest absolute Gasteiger partial charge is 0.251 e. The lowest BCUT2D eigenvalue weighted by Crippen LogP contribution is -2.25. The zero-order valence-electron chi connectivity index (χ0n) is 16.6. The fourth-order valence-corrected chi connectivity index (χ4v) is 4.50. The van der Waals surface area contributed by atoms with Crippen LogP contribution in [0.15, 0.2) is 77.3 Å². The third kappa shape index (κ3) is 5.37. The number of rotatable bonds is 8. The van der Waals surface area contributed by atoms with Crippen molar-refractivity contribution in [2.24, 2.45) is 0 Å². The molecule has 0 atom stereocenters. The minimum Gasteiger partial charge on any atom is -0.352 e. The number of amides is 1. The zero-order valence-corrected chi connectivity index (χ0v) is 18.2. The lowest BCUT2D eigenvalue weighted by molar-refractivity contribution is 0.0954. The summed E-state index contributed by atoms with van der Waals surface area (Å²) < 4.78 is 1.82. The molecule has 0 spiro atoms. The molecule has 0 unspecified atom stereocenters. The average molecular weight is 435 g/mol. The summed E-state index contributed by atoms with van der Waals surface area (Å²) in [6.07, 6.45) is 4.46. The van der Waals surface area contributed by atoms with Crippen LogP contribution in [0, 0.1) is 6.92 Å². The van der Waals surface area contributed by atoms with Crippen molar-refractivity contribution in [1.29, 1.82) is 0 Å². The van der Waals surface area contributed by atoms with Gasteiger partial charge in [0.15, 0.2) is 0 Å². The standard InChI is InChI=1S/C23H22N4OS2/c1-17-26-20(15-29-17)16-30-22-9-5-19(6-10-22)23(28)24-13-11-18-3-7-21(8-4-18)27-14-2-12-25-27/h2-10,12,14-15H,11,13,16H2,1H3,(H,24,28). The summed E-state index contributed by atoms with van der Waals surface area (Å²) in [5.74, 6) is 0.796. The Bertz CT molecular complexity index is 1090. The Balaban J connectivity index is 1.23. The first-order valence-electron chi connectivity index (χ1n) is 9.68. The molecule has 0 aliphatic heterocycles. The van der Waals surface area contributed by atoms with Gasteiger partial charge in [0.25, 0.3) is 5.91 Å². The molecule has 0 fully saturated rings. The van der Waals surface area contributed by atoms with Crippen LogP contribution in [0.5, 0.6) is 0 Å². The lowest BCUT2D eigenvalue weighted by atomic mass is 10.1. The topological polar surface area (TPSA) is 59.8 Å². The Hall–Kier alpha value is -2.90. The second kappa shape index (κ2) is 9.73. The summed E-state index contributed by atoms with van der Waals surface area (Å²) in [5, 5.41) is 10.4. The van der Waals surface area contributed by atoms with Crippen LogP contribution in [0.1, 0.15) is 26.6 Å². The molecular weight excluding hydrogens is 412 g/mol. The van der Waals surface area contributed by atoms with E-state index in [1.54, 1.807) is 29.3 Å². The predicted octanol–water partition coefficient (Wildman–Crippen LogP) is 4.90. The van der Waals surface area contributed by atoms with Crippen molar-refractivity contribution >= 4 is 29.0 Å². The van der Waals surface area contributed by atoms with E-state index in [0.29, 0.717) is 12.1 Å². The Morgan fingerprint density at radius 1 is 1.13 bits per heavy atom. The number of hydrogen-bond acceptors (Lipinski definition) is 5. The third-order valence-corrected chi connectivity index (χ3v) is 6.44. The maximum Gasteiger partial charge on any atom is 0.251 e. The van der Waals surface area contributed by atoms with E-state index in [4.69, 9.17) is 0 Å². The van der Waals surface area contributed by atoms with Gasteiger partial charge in [0.05, 0.1) is 16.4 Å². The SMILES string of the molecule is Cc1nc(CSc2ccc(C(=O)NCCc3ccc(-n4cccn4)cc3)cc2)cs1. The van der Waals surface area contributed by atoms with Gasteiger partial charge in [-0.3, -0.25) is 4.79 Å². The number of nitrogens with zero attached hydrogens (tertiary/aromatic N) is 3. The zero-order chi connectivity index (χ0) is 20.8. The van der Waals surface area contributed by atoms with Gasteiger partial charge in [-0.1, -0.05) is 12.1 Å². The molecule has 30 heavy (non-hydrogen) atoms. The van der Waals surface area contributed by atoms with Crippen molar-refractivity contribution in [3.8, 4) is 5.69 Å². The van der Waals surface area contributed by atoms with Crippen molar-refractivity contribution in [3.05, 3.63) is 94.2 Å². The van der Waals surface area contributed by atoms with Gasteiger partial charge in [0.1, 0.15) is 0 Å². The fraction of sp³-hybridized carbons (Fsp3) is 0.174.